The van der Waals surface area contributed by atoms with Crippen molar-refractivity contribution in [1.82, 2.24) is 0 Å². The van der Waals surface area contributed by atoms with Crippen LogP contribution in [0.15, 0.2) is 140 Å². The van der Waals surface area contributed by atoms with Crippen molar-refractivity contribution in [3.05, 3.63) is 162 Å². The van der Waals surface area contributed by atoms with Crippen molar-refractivity contribution in [3.63, 3.8) is 0 Å². The first-order chi connectivity index (χ1) is 19.6. The fraction of sp³-hybridized carbons (Fsp3) is 0.128. The second-order valence-corrected chi connectivity index (χ2v) is 11.8. The first kappa shape index (κ1) is 23.3. The van der Waals surface area contributed by atoms with Crippen LogP contribution in [0.4, 0.5) is 11.4 Å². The third-order valence-corrected chi connectivity index (χ3v) is 9.16. The van der Waals surface area contributed by atoms with E-state index < -0.39 is 0 Å². The lowest BCUT2D eigenvalue weighted by Crippen LogP contribution is -2.36. The third-order valence-electron chi connectivity index (χ3n) is 9.16. The van der Waals surface area contributed by atoms with Gasteiger partial charge in [0.1, 0.15) is 0 Å². The van der Waals surface area contributed by atoms with E-state index in [0.717, 1.165) is 0 Å². The Balaban J connectivity index is 1.29. The molecule has 3 aliphatic rings. The Bertz CT molecular complexity index is 1770. The van der Waals surface area contributed by atoms with E-state index in [4.69, 9.17) is 0 Å². The number of hydrogen-bond donors (Lipinski definition) is 0. The molecule has 192 valence electrons. The van der Waals surface area contributed by atoms with Gasteiger partial charge < -0.3 is 4.90 Å². The molecular formula is C39H31N. The second kappa shape index (κ2) is 8.69. The Labute approximate surface area is 236 Å². The molecule has 5 aromatic carbocycles. The number of nitrogens with zero attached hydrogens (tertiary/aromatic N) is 1. The highest BCUT2D eigenvalue weighted by Crippen LogP contribution is 2.58. The van der Waals surface area contributed by atoms with Gasteiger partial charge in [-0.3, -0.25) is 0 Å². The zero-order valence-electron chi connectivity index (χ0n) is 22.9. The van der Waals surface area contributed by atoms with Crippen LogP contribution in [-0.4, -0.2) is 6.04 Å². The van der Waals surface area contributed by atoms with Crippen LogP contribution in [-0.2, 0) is 5.41 Å². The van der Waals surface area contributed by atoms with Gasteiger partial charge >= 0.3 is 0 Å². The summed E-state index contributed by atoms with van der Waals surface area (Å²) in [5, 5.41) is 0. The van der Waals surface area contributed by atoms with Crippen molar-refractivity contribution in [3.8, 4) is 22.3 Å². The summed E-state index contributed by atoms with van der Waals surface area (Å²) in [5.41, 5.74) is 14.5. The van der Waals surface area contributed by atoms with Gasteiger partial charge in [0, 0.05) is 22.7 Å². The first-order valence-corrected chi connectivity index (χ1v) is 14.3. The van der Waals surface area contributed by atoms with Gasteiger partial charge in [-0.15, -0.1) is 0 Å². The van der Waals surface area contributed by atoms with Crippen molar-refractivity contribution in [2.24, 2.45) is 0 Å². The van der Waals surface area contributed by atoms with Crippen LogP contribution in [0.2, 0.25) is 0 Å². The smallest absolute Gasteiger partial charge is 0.0630 e. The van der Waals surface area contributed by atoms with Gasteiger partial charge in [0.2, 0.25) is 0 Å². The molecular weight excluding hydrogens is 482 g/mol. The largest absolute Gasteiger partial charge is 0.333 e. The molecule has 2 atom stereocenters. The molecule has 0 N–H and O–H groups in total. The van der Waals surface area contributed by atoms with Crippen LogP contribution >= 0.6 is 0 Å². The van der Waals surface area contributed by atoms with Gasteiger partial charge in [-0.05, 0) is 74.3 Å². The maximum absolute atomic E-state index is 2.61. The van der Waals surface area contributed by atoms with E-state index in [-0.39, 0.29) is 11.5 Å². The van der Waals surface area contributed by atoms with Crippen LogP contribution in [0, 0.1) is 0 Å². The van der Waals surface area contributed by atoms with Crippen LogP contribution < -0.4 is 4.90 Å². The molecule has 0 aromatic heterocycles. The standard InChI is InChI=1S/C39H31N/c1-39(2)34-17-9-10-19-37(34)40-36-21-20-28(25-33(36)32-16-11-18-35(39)38(32)40)31-23-29(26-12-5-3-6-13-26)22-30(24-31)27-14-7-4-8-15-27/h3-25,33,36H,1-2H3. The number of para-hydroxylation sites is 2. The minimum absolute atomic E-state index is 0.0310. The summed E-state index contributed by atoms with van der Waals surface area (Å²) in [5.74, 6) is 0.303. The molecule has 1 nitrogen and oxygen atoms in total. The normalized spacial score (nSPS) is 19.4. The van der Waals surface area contributed by atoms with Gasteiger partial charge in [-0.2, -0.15) is 0 Å². The summed E-state index contributed by atoms with van der Waals surface area (Å²) < 4.78 is 0. The fourth-order valence-corrected chi connectivity index (χ4v) is 7.16. The molecule has 40 heavy (non-hydrogen) atoms. The lowest BCUT2D eigenvalue weighted by molar-refractivity contribution is 0.621. The van der Waals surface area contributed by atoms with Gasteiger partial charge in [0.05, 0.1) is 6.04 Å². The summed E-state index contributed by atoms with van der Waals surface area (Å²) in [6.07, 6.45) is 7.32. The summed E-state index contributed by atoms with van der Waals surface area (Å²) in [6, 6.07) is 44.7. The Hall–Kier alpha value is -4.62. The third kappa shape index (κ3) is 3.41. The molecule has 0 spiro atoms. The molecule has 0 saturated carbocycles. The lowest BCUT2D eigenvalue weighted by atomic mass is 9.73. The Kier molecular flexibility index (Phi) is 5.06. The number of benzene rings is 5. The van der Waals surface area contributed by atoms with E-state index in [1.54, 1.807) is 0 Å². The van der Waals surface area contributed by atoms with Gasteiger partial charge in [-0.25, -0.2) is 0 Å². The molecule has 2 unspecified atom stereocenters. The molecule has 1 aliphatic carbocycles. The fourth-order valence-electron chi connectivity index (χ4n) is 7.16. The van der Waals surface area contributed by atoms with E-state index in [1.165, 1.54) is 61.5 Å². The zero-order chi connectivity index (χ0) is 26.8. The summed E-state index contributed by atoms with van der Waals surface area (Å²) in [4.78, 5) is 2.61. The lowest BCUT2D eigenvalue weighted by Gasteiger charge is -2.42. The molecule has 2 aliphatic heterocycles. The molecule has 1 heteroatoms. The quantitative estimate of drug-likeness (QED) is 0.232. The highest BCUT2D eigenvalue weighted by Gasteiger charge is 2.46. The molecule has 0 bridgehead atoms. The van der Waals surface area contributed by atoms with E-state index >= 15 is 0 Å². The molecule has 0 radical (unpaired) electrons. The van der Waals surface area contributed by atoms with Crippen molar-refractivity contribution in [2.75, 3.05) is 4.90 Å². The van der Waals surface area contributed by atoms with Crippen molar-refractivity contribution in [1.29, 1.82) is 0 Å². The number of allylic oxidation sites excluding steroid dienone is 2. The summed E-state index contributed by atoms with van der Waals surface area (Å²) in [7, 11) is 0. The molecule has 5 aromatic rings. The van der Waals surface area contributed by atoms with Crippen molar-refractivity contribution >= 4 is 16.9 Å². The van der Waals surface area contributed by atoms with E-state index in [1.807, 2.05) is 0 Å². The SMILES string of the molecule is CC1(C)c2ccccc2N2c3c(cccc31)C1C=C(c3cc(-c4ccccc4)cc(-c4ccccc4)c3)C=CC12. The Morgan fingerprint density at radius 1 is 0.575 bits per heavy atom. The van der Waals surface area contributed by atoms with Crippen LogP contribution in [0.5, 0.6) is 0 Å². The second-order valence-electron chi connectivity index (χ2n) is 11.8. The Morgan fingerprint density at radius 3 is 1.88 bits per heavy atom. The highest BCUT2D eigenvalue weighted by atomic mass is 15.2. The number of anilines is 2. The van der Waals surface area contributed by atoms with Crippen LogP contribution in [0.25, 0.3) is 27.8 Å². The Morgan fingerprint density at radius 2 is 1.18 bits per heavy atom. The average molecular weight is 514 g/mol. The number of rotatable bonds is 3. The predicted octanol–water partition coefficient (Wildman–Crippen LogP) is 9.92. The summed E-state index contributed by atoms with van der Waals surface area (Å²) in [6.45, 7) is 4.75. The number of fused-ring (bicyclic) bond motifs is 5. The van der Waals surface area contributed by atoms with E-state index in [9.17, 15) is 0 Å². The highest BCUT2D eigenvalue weighted by molar-refractivity contribution is 5.89. The minimum Gasteiger partial charge on any atom is -0.333 e. The topological polar surface area (TPSA) is 3.24 Å². The maximum Gasteiger partial charge on any atom is 0.0630 e. The average Bonchev–Trinajstić information content (AvgIpc) is 3.35. The predicted molar refractivity (Wildman–Crippen MR) is 168 cm³/mol. The van der Waals surface area contributed by atoms with Crippen molar-refractivity contribution < 1.29 is 0 Å². The molecule has 2 heterocycles. The minimum atomic E-state index is -0.0310. The van der Waals surface area contributed by atoms with Crippen LogP contribution in [0.3, 0.4) is 0 Å². The number of hydrogen-bond acceptors (Lipinski definition) is 1. The van der Waals surface area contributed by atoms with Crippen LogP contribution in [0.1, 0.15) is 42.0 Å². The molecule has 0 fully saturated rings. The monoisotopic (exact) mass is 513 g/mol. The van der Waals surface area contributed by atoms with Gasteiger partial charge in [0.15, 0.2) is 0 Å². The van der Waals surface area contributed by atoms with Gasteiger partial charge in [-0.1, -0.05) is 129 Å². The summed E-state index contributed by atoms with van der Waals surface area (Å²) >= 11 is 0. The van der Waals surface area contributed by atoms with Crippen molar-refractivity contribution in [2.45, 2.75) is 31.2 Å². The first-order valence-electron chi connectivity index (χ1n) is 14.3. The molecule has 0 saturated heterocycles. The zero-order valence-corrected chi connectivity index (χ0v) is 22.9. The van der Waals surface area contributed by atoms with E-state index in [0.29, 0.717) is 5.92 Å². The molecule has 8 rings (SSSR count). The molecule has 0 amide bonds. The van der Waals surface area contributed by atoms with Gasteiger partial charge in [0.25, 0.3) is 0 Å². The van der Waals surface area contributed by atoms with E-state index in [2.05, 4.69) is 158 Å². The maximum atomic E-state index is 2.61.